The Labute approximate surface area is 133 Å². The van der Waals surface area contributed by atoms with E-state index in [9.17, 15) is 0 Å². The van der Waals surface area contributed by atoms with E-state index in [1.54, 1.807) is 11.3 Å². The van der Waals surface area contributed by atoms with Gasteiger partial charge in [0.15, 0.2) is 0 Å². The van der Waals surface area contributed by atoms with E-state index in [-0.39, 0.29) is 11.5 Å². The summed E-state index contributed by atoms with van der Waals surface area (Å²) in [5, 5.41) is 2.08. The molecule has 0 aliphatic rings. The summed E-state index contributed by atoms with van der Waals surface area (Å²) in [4.78, 5) is 1.24. The van der Waals surface area contributed by atoms with Gasteiger partial charge >= 0.3 is 0 Å². The van der Waals surface area contributed by atoms with Gasteiger partial charge in [-0.2, -0.15) is 0 Å². The van der Waals surface area contributed by atoms with E-state index >= 15 is 0 Å². The summed E-state index contributed by atoms with van der Waals surface area (Å²) in [5.41, 5.74) is 5.76. The Bertz CT molecular complexity index is 555. The summed E-state index contributed by atoms with van der Waals surface area (Å²) in [5.74, 6) is 5.72. The molecule has 0 bridgehead atoms. The molecule has 1 atom stereocenters. The van der Waals surface area contributed by atoms with E-state index in [0.717, 1.165) is 10.9 Å². The van der Waals surface area contributed by atoms with Crippen LogP contribution in [0.2, 0.25) is 0 Å². The lowest BCUT2D eigenvalue weighted by Gasteiger charge is -2.20. The summed E-state index contributed by atoms with van der Waals surface area (Å²) in [6, 6.07) is 11.0. The summed E-state index contributed by atoms with van der Waals surface area (Å²) in [6.45, 7) is 6.69. The first-order valence-corrected chi connectivity index (χ1v) is 8.37. The zero-order chi connectivity index (χ0) is 14.8. The predicted octanol–water partition coefficient (Wildman–Crippen LogP) is 4.56. The lowest BCUT2D eigenvalue weighted by Crippen LogP contribution is -2.29. The molecule has 0 spiro atoms. The highest BCUT2D eigenvalue weighted by atomic mass is 79.9. The van der Waals surface area contributed by atoms with Gasteiger partial charge in [0.05, 0.1) is 6.04 Å². The van der Waals surface area contributed by atoms with E-state index in [0.29, 0.717) is 0 Å². The summed E-state index contributed by atoms with van der Waals surface area (Å²) < 4.78 is 1.12. The van der Waals surface area contributed by atoms with Crippen molar-refractivity contribution in [2.24, 2.45) is 5.84 Å². The summed E-state index contributed by atoms with van der Waals surface area (Å²) >= 11 is 5.29. The number of thiophene rings is 1. The summed E-state index contributed by atoms with van der Waals surface area (Å²) in [6.07, 6.45) is 0.889. The van der Waals surface area contributed by atoms with Crippen LogP contribution in [0.4, 0.5) is 0 Å². The molecule has 0 saturated carbocycles. The molecule has 20 heavy (non-hydrogen) atoms. The number of hydrazine groups is 1. The van der Waals surface area contributed by atoms with Crippen molar-refractivity contribution in [2.75, 3.05) is 0 Å². The molecular formula is C16H21BrN2S. The van der Waals surface area contributed by atoms with E-state index < -0.39 is 0 Å². The fourth-order valence-electron chi connectivity index (χ4n) is 2.16. The van der Waals surface area contributed by atoms with E-state index in [1.165, 1.54) is 16.0 Å². The monoisotopic (exact) mass is 352 g/mol. The molecule has 1 aromatic heterocycles. The van der Waals surface area contributed by atoms with Crippen molar-refractivity contribution in [1.29, 1.82) is 0 Å². The Hall–Kier alpha value is -0.680. The third-order valence-electron chi connectivity index (χ3n) is 3.42. The molecule has 2 aromatic rings. The van der Waals surface area contributed by atoms with Gasteiger partial charge in [0.1, 0.15) is 0 Å². The number of benzene rings is 1. The van der Waals surface area contributed by atoms with Crippen molar-refractivity contribution in [2.45, 2.75) is 38.6 Å². The number of nitrogens with two attached hydrogens (primary N) is 1. The van der Waals surface area contributed by atoms with Crippen LogP contribution >= 0.6 is 27.3 Å². The molecule has 108 valence electrons. The first kappa shape index (κ1) is 15.7. The highest BCUT2D eigenvalue weighted by Gasteiger charge is 2.16. The van der Waals surface area contributed by atoms with Crippen molar-refractivity contribution >= 4 is 27.3 Å². The maximum absolute atomic E-state index is 5.72. The molecule has 2 nitrogen and oxygen atoms in total. The average Bonchev–Trinajstić information content (AvgIpc) is 2.82. The minimum absolute atomic E-state index is 0.143. The second-order valence-corrected chi connectivity index (χ2v) is 7.81. The SMILES string of the molecule is CC(C)(C)c1ccc(CC(NN)c2sccc2Br)cc1. The number of halogens is 1. The van der Waals surface area contributed by atoms with Gasteiger partial charge in [-0.3, -0.25) is 11.3 Å². The largest absolute Gasteiger partial charge is 0.271 e. The van der Waals surface area contributed by atoms with Crippen molar-refractivity contribution in [1.82, 2.24) is 5.43 Å². The Morgan fingerprint density at radius 1 is 1.20 bits per heavy atom. The third kappa shape index (κ3) is 3.70. The lowest BCUT2D eigenvalue weighted by atomic mass is 9.86. The molecule has 0 aliphatic heterocycles. The summed E-state index contributed by atoms with van der Waals surface area (Å²) in [7, 11) is 0. The van der Waals surface area contributed by atoms with E-state index in [4.69, 9.17) is 5.84 Å². The molecule has 0 amide bonds. The van der Waals surface area contributed by atoms with Crippen LogP contribution in [-0.4, -0.2) is 0 Å². The Balaban J connectivity index is 2.15. The van der Waals surface area contributed by atoms with Gasteiger partial charge < -0.3 is 0 Å². The highest BCUT2D eigenvalue weighted by molar-refractivity contribution is 9.10. The molecule has 1 aromatic carbocycles. The van der Waals surface area contributed by atoms with Crippen LogP contribution in [0.1, 0.15) is 42.8 Å². The molecule has 1 unspecified atom stereocenters. The maximum atomic E-state index is 5.72. The molecule has 4 heteroatoms. The van der Waals surface area contributed by atoms with Gasteiger partial charge in [0.2, 0.25) is 0 Å². The zero-order valence-electron chi connectivity index (χ0n) is 12.1. The van der Waals surface area contributed by atoms with Gasteiger partial charge in [-0.25, -0.2) is 0 Å². The Morgan fingerprint density at radius 3 is 2.30 bits per heavy atom. The quantitative estimate of drug-likeness (QED) is 0.625. The number of hydrogen-bond donors (Lipinski definition) is 2. The van der Waals surface area contributed by atoms with Crippen LogP contribution in [0.15, 0.2) is 40.2 Å². The fourth-order valence-corrected chi connectivity index (χ4v) is 3.87. The molecule has 3 N–H and O–H groups in total. The van der Waals surface area contributed by atoms with Crippen molar-refractivity contribution < 1.29 is 0 Å². The van der Waals surface area contributed by atoms with Crippen LogP contribution in [-0.2, 0) is 11.8 Å². The molecule has 1 heterocycles. The molecule has 0 aliphatic carbocycles. The van der Waals surface area contributed by atoms with Gasteiger partial charge in [0.25, 0.3) is 0 Å². The van der Waals surface area contributed by atoms with Crippen LogP contribution in [0.3, 0.4) is 0 Å². The van der Waals surface area contributed by atoms with Crippen molar-refractivity contribution in [3.63, 3.8) is 0 Å². The minimum atomic E-state index is 0.143. The molecular weight excluding hydrogens is 332 g/mol. The van der Waals surface area contributed by atoms with Crippen molar-refractivity contribution in [3.05, 3.63) is 56.2 Å². The average molecular weight is 353 g/mol. The lowest BCUT2D eigenvalue weighted by molar-refractivity contribution is 0.557. The van der Waals surface area contributed by atoms with Crippen LogP contribution in [0.5, 0.6) is 0 Å². The molecule has 0 saturated heterocycles. The highest BCUT2D eigenvalue weighted by Crippen LogP contribution is 2.31. The van der Waals surface area contributed by atoms with Crippen LogP contribution in [0, 0.1) is 0 Å². The fraction of sp³-hybridized carbons (Fsp3) is 0.375. The predicted molar refractivity (Wildman–Crippen MR) is 90.9 cm³/mol. The van der Waals surface area contributed by atoms with Gasteiger partial charge in [0, 0.05) is 9.35 Å². The Morgan fingerprint density at radius 2 is 1.85 bits per heavy atom. The van der Waals surface area contributed by atoms with Gasteiger partial charge in [-0.15, -0.1) is 11.3 Å². The zero-order valence-corrected chi connectivity index (χ0v) is 14.5. The topological polar surface area (TPSA) is 38.0 Å². The minimum Gasteiger partial charge on any atom is -0.271 e. The Kier molecular flexibility index (Phi) is 5.02. The van der Waals surface area contributed by atoms with Crippen LogP contribution < -0.4 is 11.3 Å². The molecule has 2 rings (SSSR count). The smallest absolute Gasteiger partial charge is 0.0604 e. The second kappa shape index (κ2) is 6.39. The second-order valence-electron chi connectivity index (χ2n) is 6.00. The maximum Gasteiger partial charge on any atom is 0.0604 e. The number of nitrogens with one attached hydrogen (secondary N) is 1. The van der Waals surface area contributed by atoms with E-state index in [1.807, 2.05) is 0 Å². The standard InChI is InChI=1S/C16H21BrN2S/c1-16(2,3)12-6-4-11(5-7-12)10-14(19-18)15-13(17)8-9-20-15/h4-9,14,19H,10,18H2,1-3H3. The van der Waals surface area contributed by atoms with Crippen LogP contribution in [0.25, 0.3) is 0 Å². The number of rotatable bonds is 4. The van der Waals surface area contributed by atoms with E-state index in [2.05, 4.69) is 77.8 Å². The first-order valence-electron chi connectivity index (χ1n) is 6.70. The molecule has 0 radical (unpaired) electrons. The number of hydrogen-bond acceptors (Lipinski definition) is 3. The molecule has 0 fully saturated rings. The first-order chi connectivity index (χ1) is 9.41. The normalized spacial score (nSPS) is 13.4. The van der Waals surface area contributed by atoms with Gasteiger partial charge in [-0.05, 0) is 50.3 Å². The van der Waals surface area contributed by atoms with Crippen molar-refractivity contribution in [3.8, 4) is 0 Å². The van der Waals surface area contributed by atoms with Gasteiger partial charge in [-0.1, -0.05) is 45.0 Å². The third-order valence-corrected chi connectivity index (χ3v) is 5.41.